The summed E-state index contributed by atoms with van der Waals surface area (Å²) < 4.78 is 6.24. The average Bonchev–Trinajstić information content (AvgIpc) is 2.42. The maximum Gasteiger partial charge on any atom is 0.343 e. The van der Waals surface area contributed by atoms with Crippen molar-refractivity contribution in [1.29, 1.82) is 0 Å². The standard InChI is InChI=1S/C16H14BrNO3/c1-9-6-12(15(18)19)7-10(2)14(9)21-16(20)11-4-3-5-13(17)8-11/h3-8H,1-2H3,(H2,18,19). The molecule has 0 spiro atoms. The third-order valence-electron chi connectivity index (χ3n) is 3.00. The lowest BCUT2D eigenvalue weighted by Crippen LogP contribution is -2.14. The van der Waals surface area contributed by atoms with Gasteiger partial charge in [-0.15, -0.1) is 0 Å². The van der Waals surface area contributed by atoms with E-state index in [9.17, 15) is 9.59 Å². The van der Waals surface area contributed by atoms with Crippen molar-refractivity contribution >= 4 is 27.8 Å². The summed E-state index contributed by atoms with van der Waals surface area (Å²) in [7, 11) is 0. The number of hydrogen-bond acceptors (Lipinski definition) is 3. The van der Waals surface area contributed by atoms with Gasteiger partial charge in [-0.2, -0.15) is 0 Å². The molecule has 0 aliphatic rings. The fraction of sp³-hybridized carbons (Fsp3) is 0.125. The maximum absolute atomic E-state index is 12.2. The molecule has 0 heterocycles. The van der Waals surface area contributed by atoms with Gasteiger partial charge in [0.15, 0.2) is 0 Å². The number of rotatable bonds is 3. The van der Waals surface area contributed by atoms with Crippen molar-refractivity contribution in [3.63, 3.8) is 0 Å². The molecule has 5 heteroatoms. The molecule has 0 aliphatic heterocycles. The van der Waals surface area contributed by atoms with Crippen LogP contribution < -0.4 is 10.5 Å². The molecule has 2 aromatic rings. The number of nitrogens with two attached hydrogens (primary N) is 1. The van der Waals surface area contributed by atoms with E-state index in [0.29, 0.717) is 28.0 Å². The Morgan fingerprint density at radius 2 is 1.67 bits per heavy atom. The minimum absolute atomic E-state index is 0.396. The van der Waals surface area contributed by atoms with Crippen LogP contribution in [0.3, 0.4) is 0 Å². The second kappa shape index (κ2) is 6.10. The fourth-order valence-corrected chi connectivity index (χ4v) is 2.42. The van der Waals surface area contributed by atoms with Crippen LogP contribution in [-0.2, 0) is 0 Å². The third-order valence-corrected chi connectivity index (χ3v) is 3.49. The first-order valence-electron chi connectivity index (χ1n) is 6.27. The third kappa shape index (κ3) is 3.49. The molecule has 0 saturated heterocycles. The first-order chi connectivity index (χ1) is 9.88. The molecule has 2 aromatic carbocycles. The van der Waals surface area contributed by atoms with Gasteiger partial charge >= 0.3 is 5.97 Å². The van der Waals surface area contributed by atoms with Gasteiger partial charge in [-0.3, -0.25) is 4.79 Å². The molecule has 21 heavy (non-hydrogen) atoms. The summed E-state index contributed by atoms with van der Waals surface area (Å²) in [5.41, 5.74) is 7.48. The van der Waals surface area contributed by atoms with Gasteiger partial charge in [0.2, 0.25) is 5.91 Å². The summed E-state index contributed by atoms with van der Waals surface area (Å²) in [4.78, 5) is 23.4. The number of halogens is 1. The van der Waals surface area contributed by atoms with E-state index in [1.54, 1.807) is 44.2 Å². The lowest BCUT2D eigenvalue weighted by atomic mass is 10.1. The van der Waals surface area contributed by atoms with Gasteiger partial charge in [0.05, 0.1) is 5.56 Å². The van der Waals surface area contributed by atoms with Crippen LogP contribution in [0.2, 0.25) is 0 Å². The number of amides is 1. The highest BCUT2D eigenvalue weighted by atomic mass is 79.9. The molecule has 0 saturated carbocycles. The number of hydrogen-bond donors (Lipinski definition) is 1. The zero-order valence-electron chi connectivity index (χ0n) is 11.6. The lowest BCUT2D eigenvalue weighted by Gasteiger charge is -2.12. The minimum atomic E-state index is -0.508. The van der Waals surface area contributed by atoms with Gasteiger partial charge < -0.3 is 10.5 Å². The molecule has 0 unspecified atom stereocenters. The first kappa shape index (κ1) is 15.3. The van der Waals surface area contributed by atoms with E-state index in [4.69, 9.17) is 10.5 Å². The zero-order valence-corrected chi connectivity index (χ0v) is 13.2. The molecule has 0 bridgehead atoms. The van der Waals surface area contributed by atoms with Crippen molar-refractivity contribution in [3.8, 4) is 5.75 Å². The van der Waals surface area contributed by atoms with Crippen molar-refractivity contribution < 1.29 is 14.3 Å². The van der Waals surface area contributed by atoms with Gasteiger partial charge in [0.25, 0.3) is 0 Å². The molecule has 0 atom stereocenters. The molecule has 4 nitrogen and oxygen atoms in total. The SMILES string of the molecule is Cc1cc(C(N)=O)cc(C)c1OC(=O)c1cccc(Br)c1. The number of benzene rings is 2. The molecule has 0 fully saturated rings. The topological polar surface area (TPSA) is 69.4 Å². The van der Waals surface area contributed by atoms with Crippen LogP contribution in [-0.4, -0.2) is 11.9 Å². The van der Waals surface area contributed by atoms with Crippen molar-refractivity contribution in [1.82, 2.24) is 0 Å². The molecule has 0 radical (unpaired) electrons. The van der Waals surface area contributed by atoms with Crippen LogP contribution in [0.15, 0.2) is 40.9 Å². The summed E-state index contributed by atoms with van der Waals surface area (Å²) in [6.07, 6.45) is 0. The predicted molar refractivity (Wildman–Crippen MR) is 83.5 cm³/mol. The van der Waals surface area contributed by atoms with Gasteiger partial charge in [-0.05, 0) is 55.3 Å². The Labute approximate surface area is 131 Å². The minimum Gasteiger partial charge on any atom is -0.422 e. The van der Waals surface area contributed by atoms with Crippen LogP contribution in [0.1, 0.15) is 31.8 Å². The Morgan fingerprint density at radius 3 is 2.19 bits per heavy atom. The van der Waals surface area contributed by atoms with Gasteiger partial charge in [-0.1, -0.05) is 22.0 Å². The monoisotopic (exact) mass is 347 g/mol. The first-order valence-corrected chi connectivity index (χ1v) is 7.06. The number of aryl methyl sites for hydroxylation is 2. The van der Waals surface area contributed by atoms with E-state index in [0.717, 1.165) is 4.47 Å². The Kier molecular flexibility index (Phi) is 4.43. The zero-order chi connectivity index (χ0) is 15.6. The smallest absolute Gasteiger partial charge is 0.343 e. The van der Waals surface area contributed by atoms with E-state index in [2.05, 4.69) is 15.9 Å². The van der Waals surface area contributed by atoms with Crippen molar-refractivity contribution in [2.45, 2.75) is 13.8 Å². The molecule has 108 valence electrons. The molecule has 0 aromatic heterocycles. The number of esters is 1. The molecule has 1 amide bonds. The summed E-state index contributed by atoms with van der Waals surface area (Å²) >= 11 is 3.31. The van der Waals surface area contributed by atoms with Crippen LogP contribution in [0, 0.1) is 13.8 Å². The highest BCUT2D eigenvalue weighted by Crippen LogP contribution is 2.26. The molecule has 2 rings (SSSR count). The number of carbonyl (C=O) groups excluding carboxylic acids is 2. The van der Waals surface area contributed by atoms with E-state index in [-0.39, 0.29) is 0 Å². The van der Waals surface area contributed by atoms with Gasteiger partial charge in [-0.25, -0.2) is 4.79 Å². The highest BCUT2D eigenvalue weighted by molar-refractivity contribution is 9.10. The fourth-order valence-electron chi connectivity index (χ4n) is 2.02. The summed E-state index contributed by atoms with van der Waals surface area (Å²) in [5.74, 6) is -0.509. The molecular weight excluding hydrogens is 334 g/mol. The number of carbonyl (C=O) groups is 2. The predicted octanol–water partition coefficient (Wildman–Crippen LogP) is 3.38. The van der Waals surface area contributed by atoms with Crippen LogP contribution >= 0.6 is 15.9 Å². The average molecular weight is 348 g/mol. The van der Waals surface area contributed by atoms with Crippen LogP contribution in [0.25, 0.3) is 0 Å². The highest BCUT2D eigenvalue weighted by Gasteiger charge is 2.14. The van der Waals surface area contributed by atoms with Gasteiger partial charge in [0, 0.05) is 10.0 Å². The summed E-state index contributed by atoms with van der Waals surface area (Å²) in [5, 5.41) is 0. The second-order valence-electron chi connectivity index (χ2n) is 4.70. The summed E-state index contributed by atoms with van der Waals surface area (Å²) in [6.45, 7) is 3.53. The summed E-state index contributed by atoms with van der Waals surface area (Å²) in [6, 6.07) is 10.2. The van der Waals surface area contributed by atoms with Crippen LogP contribution in [0.4, 0.5) is 0 Å². The number of ether oxygens (including phenoxy) is 1. The van der Waals surface area contributed by atoms with E-state index >= 15 is 0 Å². The number of primary amides is 1. The Hall–Kier alpha value is -2.14. The van der Waals surface area contributed by atoms with E-state index in [1.165, 1.54) is 0 Å². The largest absolute Gasteiger partial charge is 0.422 e. The van der Waals surface area contributed by atoms with Crippen LogP contribution in [0.5, 0.6) is 5.75 Å². The van der Waals surface area contributed by atoms with Crippen molar-refractivity contribution in [2.24, 2.45) is 5.73 Å². The Bertz CT molecular complexity index is 702. The second-order valence-corrected chi connectivity index (χ2v) is 5.62. The Balaban J connectivity index is 2.32. The van der Waals surface area contributed by atoms with E-state index in [1.807, 2.05) is 6.07 Å². The van der Waals surface area contributed by atoms with E-state index < -0.39 is 11.9 Å². The Morgan fingerprint density at radius 1 is 1.05 bits per heavy atom. The maximum atomic E-state index is 12.2. The molecular formula is C16H14BrNO3. The molecule has 2 N–H and O–H groups in total. The molecule has 0 aliphatic carbocycles. The quantitative estimate of drug-likeness (QED) is 0.683. The van der Waals surface area contributed by atoms with Gasteiger partial charge in [0.1, 0.15) is 5.75 Å². The van der Waals surface area contributed by atoms with Crippen molar-refractivity contribution in [3.05, 3.63) is 63.1 Å². The lowest BCUT2D eigenvalue weighted by molar-refractivity contribution is 0.0732. The van der Waals surface area contributed by atoms with Crippen molar-refractivity contribution in [2.75, 3.05) is 0 Å². The normalized spacial score (nSPS) is 10.2.